The predicted molar refractivity (Wildman–Crippen MR) is 51.8 cm³/mol. The maximum absolute atomic E-state index is 13.1. The summed E-state index contributed by atoms with van der Waals surface area (Å²) in [6.07, 6.45) is 0. The number of phenols is 1. The van der Waals surface area contributed by atoms with Crippen molar-refractivity contribution in [1.29, 1.82) is 0 Å². The summed E-state index contributed by atoms with van der Waals surface area (Å²) in [5.41, 5.74) is 5.52. The van der Waals surface area contributed by atoms with Crippen molar-refractivity contribution in [3.8, 4) is 11.5 Å². The summed E-state index contributed by atoms with van der Waals surface area (Å²) in [6, 6.07) is 2.68. The Morgan fingerprint density at radius 1 is 1.43 bits per heavy atom. The third kappa shape index (κ3) is 1.80. The number of rotatable bonds is 2. The molecule has 4 heteroatoms. The Morgan fingerprint density at radius 2 is 2.00 bits per heavy atom. The van der Waals surface area contributed by atoms with Gasteiger partial charge in [-0.25, -0.2) is 4.39 Å². The fourth-order valence-electron chi connectivity index (χ4n) is 1.26. The van der Waals surface area contributed by atoms with Crippen LogP contribution in [0.5, 0.6) is 11.5 Å². The summed E-state index contributed by atoms with van der Waals surface area (Å²) in [6.45, 7) is 3.44. The van der Waals surface area contributed by atoms with Gasteiger partial charge in [-0.15, -0.1) is 0 Å². The molecule has 0 spiro atoms. The van der Waals surface area contributed by atoms with Gasteiger partial charge in [0.15, 0.2) is 17.3 Å². The standard InChI is InChI=1S/C10H14FNO2/c1-10(2,12)6-4-5-7(11)9(14-3)8(6)13/h4-5,13H,12H2,1-3H3. The monoisotopic (exact) mass is 199 g/mol. The summed E-state index contributed by atoms with van der Waals surface area (Å²) in [7, 11) is 1.30. The number of benzene rings is 1. The van der Waals surface area contributed by atoms with Crippen LogP contribution in [0.4, 0.5) is 4.39 Å². The number of hydrogen-bond donors (Lipinski definition) is 2. The van der Waals surface area contributed by atoms with Gasteiger partial charge in [0.1, 0.15) is 0 Å². The lowest BCUT2D eigenvalue weighted by molar-refractivity contribution is 0.342. The van der Waals surface area contributed by atoms with Crippen LogP contribution >= 0.6 is 0 Å². The van der Waals surface area contributed by atoms with E-state index in [-0.39, 0.29) is 11.5 Å². The average Bonchev–Trinajstić information content (AvgIpc) is 2.02. The van der Waals surface area contributed by atoms with Gasteiger partial charge in [0, 0.05) is 11.1 Å². The minimum atomic E-state index is -0.731. The fourth-order valence-corrected chi connectivity index (χ4v) is 1.26. The molecule has 0 bridgehead atoms. The quantitative estimate of drug-likeness (QED) is 0.762. The van der Waals surface area contributed by atoms with Gasteiger partial charge in [0.2, 0.25) is 0 Å². The third-order valence-electron chi connectivity index (χ3n) is 1.98. The van der Waals surface area contributed by atoms with Crippen LogP contribution in [0.2, 0.25) is 0 Å². The maximum atomic E-state index is 13.1. The molecule has 0 fully saturated rings. The molecule has 0 aliphatic rings. The Kier molecular flexibility index (Phi) is 2.66. The second-order valence-corrected chi connectivity index (χ2v) is 3.70. The number of nitrogens with two attached hydrogens (primary N) is 1. The van der Waals surface area contributed by atoms with Crippen molar-refractivity contribution in [2.45, 2.75) is 19.4 Å². The molecular formula is C10H14FNO2. The zero-order valence-corrected chi connectivity index (χ0v) is 8.47. The molecule has 0 amide bonds. The topological polar surface area (TPSA) is 55.5 Å². The first-order valence-corrected chi connectivity index (χ1v) is 4.22. The highest BCUT2D eigenvalue weighted by atomic mass is 19.1. The van der Waals surface area contributed by atoms with Crippen LogP contribution in [-0.2, 0) is 5.54 Å². The smallest absolute Gasteiger partial charge is 0.196 e. The van der Waals surface area contributed by atoms with Crippen molar-refractivity contribution < 1.29 is 14.2 Å². The average molecular weight is 199 g/mol. The largest absolute Gasteiger partial charge is 0.504 e. The van der Waals surface area contributed by atoms with Gasteiger partial charge in [-0.3, -0.25) is 0 Å². The molecule has 1 rings (SSSR count). The van der Waals surface area contributed by atoms with Gasteiger partial charge < -0.3 is 15.6 Å². The maximum Gasteiger partial charge on any atom is 0.196 e. The third-order valence-corrected chi connectivity index (χ3v) is 1.98. The molecule has 3 nitrogen and oxygen atoms in total. The summed E-state index contributed by atoms with van der Waals surface area (Å²) < 4.78 is 17.8. The van der Waals surface area contributed by atoms with Gasteiger partial charge >= 0.3 is 0 Å². The number of ether oxygens (including phenoxy) is 1. The molecule has 0 saturated heterocycles. The Labute approximate surface area is 82.3 Å². The van der Waals surface area contributed by atoms with Crippen LogP contribution in [0.1, 0.15) is 19.4 Å². The normalized spacial score (nSPS) is 11.5. The predicted octanol–water partition coefficient (Wildman–Crippen LogP) is 1.73. The molecule has 0 aliphatic heterocycles. The lowest BCUT2D eigenvalue weighted by atomic mass is 9.94. The first kappa shape index (κ1) is 10.8. The second kappa shape index (κ2) is 3.46. The van der Waals surface area contributed by atoms with E-state index < -0.39 is 11.4 Å². The van der Waals surface area contributed by atoms with Crippen molar-refractivity contribution in [2.75, 3.05) is 7.11 Å². The fraction of sp³-hybridized carbons (Fsp3) is 0.400. The summed E-state index contributed by atoms with van der Waals surface area (Å²) >= 11 is 0. The van der Waals surface area contributed by atoms with E-state index in [1.54, 1.807) is 13.8 Å². The molecule has 1 aromatic carbocycles. The zero-order chi connectivity index (χ0) is 10.9. The molecule has 3 N–H and O–H groups in total. The van der Waals surface area contributed by atoms with Gasteiger partial charge in [-0.2, -0.15) is 0 Å². The van der Waals surface area contributed by atoms with E-state index >= 15 is 0 Å². The summed E-state index contributed by atoms with van der Waals surface area (Å²) in [5, 5.41) is 9.66. The highest BCUT2D eigenvalue weighted by molar-refractivity contribution is 5.49. The summed E-state index contributed by atoms with van der Waals surface area (Å²) in [5.74, 6) is -1.00. The molecule has 0 heterocycles. The zero-order valence-electron chi connectivity index (χ0n) is 8.47. The van der Waals surface area contributed by atoms with Crippen LogP contribution in [0.15, 0.2) is 12.1 Å². The Hall–Kier alpha value is -1.29. The number of halogens is 1. The van der Waals surface area contributed by atoms with E-state index in [1.807, 2.05) is 0 Å². The molecule has 0 unspecified atom stereocenters. The van der Waals surface area contributed by atoms with E-state index in [9.17, 15) is 9.50 Å². The Morgan fingerprint density at radius 3 is 2.43 bits per heavy atom. The molecular weight excluding hydrogens is 185 g/mol. The van der Waals surface area contributed by atoms with Crippen molar-refractivity contribution in [3.05, 3.63) is 23.5 Å². The first-order valence-electron chi connectivity index (χ1n) is 4.22. The molecule has 0 aliphatic carbocycles. The van der Waals surface area contributed by atoms with Crippen LogP contribution in [0.25, 0.3) is 0 Å². The second-order valence-electron chi connectivity index (χ2n) is 3.70. The van der Waals surface area contributed by atoms with Crippen LogP contribution in [-0.4, -0.2) is 12.2 Å². The highest BCUT2D eigenvalue weighted by Crippen LogP contribution is 2.36. The molecule has 0 saturated carbocycles. The van der Waals surface area contributed by atoms with Crippen molar-refractivity contribution in [1.82, 2.24) is 0 Å². The van der Waals surface area contributed by atoms with Gasteiger partial charge in [0.25, 0.3) is 0 Å². The molecule has 14 heavy (non-hydrogen) atoms. The van der Waals surface area contributed by atoms with Gasteiger partial charge in [0.05, 0.1) is 7.11 Å². The molecule has 0 radical (unpaired) electrons. The van der Waals surface area contributed by atoms with E-state index in [0.717, 1.165) is 0 Å². The highest BCUT2D eigenvalue weighted by Gasteiger charge is 2.22. The molecule has 0 aromatic heterocycles. The van der Waals surface area contributed by atoms with Crippen LogP contribution in [0.3, 0.4) is 0 Å². The minimum Gasteiger partial charge on any atom is -0.504 e. The number of aromatic hydroxyl groups is 1. The van der Waals surface area contributed by atoms with E-state index in [4.69, 9.17) is 10.5 Å². The molecule has 78 valence electrons. The van der Waals surface area contributed by atoms with Crippen molar-refractivity contribution >= 4 is 0 Å². The SMILES string of the molecule is COc1c(F)ccc(C(C)(C)N)c1O. The Balaban J connectivity index is 3.36. The number of phenolic OH excluding ortho intramolecular Hbond substituents is 1. The van der Waals surface area contributed by atoms with Crippen molar-refractivity contribution in [2.24, 2.45) is 5.73 Å². The van der Waals surface area contributed by atoms with Crippen molar-refractivity contribution in [3.63, 3.8) is 0 Å². The van der Waals surface area contributed by atoms with Crippen LogP contribution in [0, 0.1) is 5.82 Å². The Bertz CT molecular complexity index is 345. The molecule has 0 atom stereocenters. The van der Waals surface area contributed by atoms with E-state index in [1.165, 1.54) is 19.2 Å². The number of hydrogen-bond acceptors (Lipinski definition) is 3. The van der Waals surface area contributed by atoms with E-state index in [0.29, 0.717) is 5.56 Å². The lowest BCUT2D eigenvalue weighted by Crippen LogP contribution is -2.28. The number of methoxy groups -OCH3 is 1. The van der Waals surface area contributed by atoms with Crippen LogP contribution < -0.4 is 10.5 Å². The molecule has 1 aromatic rings. The van der Waals surface area contributed by atoms with Gasteiger partial charge in [-0.05, 0) is 19.9 Å². The minimum absolute atomic E-state index is 0.166. The summed E-state index contributed by atoms with van der Waals surface area (Å²) in [4.78, 5) is 0. The lowest BCUT2D eigenvalue weighted by Gasteiger charge is -2.21. The first-order chi connectivity index (χ1) is 6.38. The van der Waals surface area contributed by atoms with Gasteiger partial charge in [-0.1, -0.05) is 6.07 Å². The van der Waals surface area contributed by atoms with E-state index in [2.05, 4.69) is 0 Å².